The van der Waals surface area contributed by atoms with Gasteiger partial charge in [0.2, 0.25) is 0 Å². The van der Waals surface area contributed by atoms with Gasteiger partial charge in [0.05, 0.1) is 32.0 Å². The highest BCUT2D eigenvalue weighted by atomic mass is 35.5. The van der Waals surface area contributed by atoms with E-state index in [1.165, 1.54) is 24.3 Å². The van der Waals surface area contributed by atoms with Gasteiger partial charge in [-0.3, -0.25) is 4.79 Å². The molecule has 0 spiro atoms. The lowest BCUT2D eigenvalue weighted by Crippen LogP contribution is -2.05. The summed E-state index contributed by atoms with van der Waals surface area (Å²) in [5.74, 6) is 1.56. The molecule has 6 aromatic rings. The van der Waals surface area contributed by atoms with Crippen LogP contribution in [0.3, 0.4) is 0 Å². The van der Waals surface area contributed by atoms with Crippen LogP contribution in [-0.4, -0.2) is 42.7 Å². The monoisotopic (exact) mass is 726 g/mol. The summed E-state index contributed by atoms with van der Waals surface area (Å²) >= 11 is 5.39. The first-order chi connectivity index (χ1) is 25.0. The molecule has 6 rings (SSSR count). The smallest absolute Gasteiger partial charge is 0.336 e. The molecular weight excluding hydrogens is 692 g/mol. The molecule has 52 heavy (non-hydrogen) atoms. The molecule has 0 aliphatic rings. The molecule has 2 aromatic heterocycles. The second-order valence-corrected chi connectivity index (χ2v) is 11.9. The number of aryl methyl sites for hydroxylation is 2. The third kappa shape index (κ3) is 10.5. The first-order valence-corrected chi connectivity index (χ1v) is 16.7. The maximum absolute atomic E-state index is 11.5. The number of hydrogen-bond acceptors (Lipinski definition) is 10. The van der Waals surface area contributed by atoms with Crippen LogP contribution >= 0.6 is 11.6 Å². The molecule has 2 heterocycles. The van der Waals surface area contributed by atoms with E-state index in [-0.39, 0.29) is 16.8 Å². The Morgan fingerprint density at radius 2 is 0.923 bits per heavy atom. The van der Waals surface area contributed by atoms with Crippen LogP contribution in [0.25, 0.3) is 21.9 Å². The fourth-order valence-electron chi connectivity index (χ4n) is 5.04. The van der Waals surface area contributed by atoms with E-state index < -0.39 is 11.2 Å². The maximum Gasteiger partial charge on any atom is 0.336 e. The van der Waals surface area contributed by atoms with Gasteiger partial charge in [-0.15, -0.1) is 0 Å². The minimum absolute atomic E-state index is 0.221. The standard InChI is InChI=1S/C20H17ClO5.C20H18O6/c1-13-11-19(22)26-18-12-16(7-8-17(13)18)25-10-2-9-24-15-5-3-14(4-6-15)20(21)23;1-13-11-19(21)26-18-12-16(7-8-17(13)18)25-10-2-9-24-15-5-3-14(4-6-15)20(22)23/h3-8,11-12H,2,9-10H2,1H3;3-8,11-12H,2,9-10H2,1H3,(H,22,23). The number of carboxylic acid groups (broad SMARTS) is 1. The van der Waals surface area contributed by atoms with E-state index in [4.69, 9.17) is 44.5 Å². The van der Waals surface area contributed by atoms with Gasteiger partial charge in [-0.1, -0.05) is 0 Å². The molecule has 4 aromatic carbocycles. The van der Waals surface area contributed by atoms with Gasteiger partial charge in [0.1, 0.15) is 34.2 Å². The van der Waals surface area contributed by atoms with Gasteiger partial charge in [-0.25, -0.2) is 14.4 Å². The van der Waals surface area contributed by atoms with Crippen LogP contribution in [0.15, 0.2) is 115 Å². The molecule has 0 unspecified atom stereocenters. The van der Waals surface area contributed by atoms with Crippen LogP contribution < -0.4 is 30.2 Å². The van der Waals surface area contributed by atoms with Gasteiger partial charge in [0.25, 0.3) is 5.24 Å². The number of rotatable bonds is 14. The molecule has 1 N–H and O–H groups in total. The molecule has 0 saturated heterocycles. The minimum atomic E-state index is -0.966. The predicted molar refractivity (Wildman–Crippen MR) is 196 cm³/mol. The lowest BCUT2D eigenvalue weighted by Gasteiger charge is -2.09. The number of carbonyl (C=O) groups excluding carboxylic acids is 1. The minimum Gasteiger partial charge on any atom is -0.493 e. The number of aromatic carboxylic acids is 1. The van der Waals surface area contributed by atoms with Gasteiger partial charge >= 0.3 is 17.2 Å². The summed E-state index contributed by atoms with van der Waals surface area (Å²) in [6, 6.07) is 26.6. The van der Waals surface area contributed by atoms with E-state index in [1.807, 2.05) is 38.1 Å². The van der Waals surface area contributed by atoms with E-state index >= 15 is 0 Å². The number of carbonyl (C=O) groups is 2. The summed E-state index contributed by atoms with van der Waals surface area (Å²) < 4.78 is 32.9. The molecule has 12 heteroatoms. The number of halogens is 1. The fraction of sp³-hybridized carbons (Fsp3) is 0.200. The molecule has 0 amide bonds. The zero-order chi connectivity index (χ0) is 37.0. The lowest BCUT2D eigenvalue weighted by molar-refractivity contribution is 0.0696. The SMILES string of the molecule is Cc1cc(=O)oc2cc(OCCCOc3ccc(C(=O)Cl)cc3)ccc12.Cc1cc(=O)oc2cc(OCCCOc3ccc(C(=O)O)cc3)ccc12. The molecule has 0 fully saturated rings. The number of benzene rings is 4. The Hall–Kier alpha value is -6.07. The number of ether oxygens (including phenoxy) is 4. The zero-order valence-electron chi connectivity index (χ0n) is 28.4. The third-order valence-electron chi connectivity index (χ3n) is 7.68. The average molecular weight is 727 g/mol. The van der Waals surface area contributed by atoms with E-state index in [2.05, 4.69) is 0 Å². The Bertz CT molecular complexity index is 2110. The van der Waals surface area contributed by atoms with E-state index in [0.29, 0.717) is 79.0 Å². The number of fused-ring (bicyclic) bond motifs is 2. The lowest BCUT2D eigenvalue weighted by atomic mass is 10.1. The highest BCUT2D eigenvalue weighted by Gasteiger charge is 2.07. The van der Waals surface area contributed by atoms with Crippen LogP contribution in [0.4, 0.5) is 0 Å². The van der Waals surface area contributed by atoms with Gasteiger partial charge in [-0.05, 0) is 109 Å². The Labute approximate surface area is 302 Å². The summed E-state index contributed by atoms with van der Waals surface area (Å²) in [4.78, 5) is 44.7. The fourth-order valence-corrected chi connectivity index (χ4v) is 5.17. The van der Waals surface area contributed by atoms with E-state index in [9.17, 15) is 19.2 Å². The summed E-state index contributed by atoms with van der Waals surface area (Å²) in [5, 5.41) is 10.1. The van der Waals surface area contributed by atoms with Crippen molar-refractivity contribution in [1.82, 2.24) is 0 Å². The van der Waals surface area contributed by atoms with Crippen molar-refractivity contribution >= 4 is 44.8 Å². The van der Waals surface area contributed by atoms with Crippen molar-refractivity contribution in [3.05, 3.63) is 140 Å². The summed E-state index contributed by atoms with van der Waals surface area (Å²) in [7, 11) is 0. The Morgan fingerprint density at radius 3 is 1.31 bits per heavy atom. The van der Waals surface area contributed by atoms with E-state index in [0.717, 1.165) is 21.9 Å². The van der Waals surface area contributed by atoms with Crippen LogP contribution in [0.5, 0.6) is 23.0 Å². The van der Waals surface area contributed by atoms with Gasteiger partial charge < -0.3 is 32.9 Å². The molecule has 0 aliphatic heterocycles. The van der Waals surface area contributed by atoms with Crippen molar-refractivity contribution < 1.29 is 42.5 Å². The second-order valence-electron chi connectivity index (χ2n) is 11.5. The number of hydrogen-bond donors (Lipinski definition) is 1. The van der Waals surface area contributed by atoms with Crippen molar-refractivity contribution in [2.75, 3.05) is 26.4 Å². The topological polar surface area (TPSA) is 152 Å². The van der Waals surface area contributed by atoms with Crippen molar-refractivity contribution in [2.24, 2.45) is 0 Å². The molecule has 0 atom stereocenters. The third-order valence-corrected chi connectivity index (χ3v) is 7.90. The zero-order valence-corrected chi connectivity index (χ0v) is 29.1. The molecular formula is C40H35ClO11. The molecule has 0 bridgehead atoms. The van der Waals surface area contributed by atoms with E-state index in [1.54, 1.807) is 48.5 Å². The quantitative estimate of drug-likeness (QED) is 0.0661. The molecule has 0 saturated carbocycles. The maximum atomic E-state index is 11.5. The molecule has 268 valence electrons. The average Bonchev–Trinajstić information content (AvgIpc) is 3.11. The Balaban J connectivity index is 0.000000201. The van der Waals surface area contributed by atoms with Crippen LogP contribution in [0.2, 0.25) is 0 Å². The highest BCUT2D eigenvalue weighted by Crippen LogP contribution is 2.24. The summed E-state index contributed by atoms with van der Waals surface area (Å²) in [5.41, 5.74) is 2.65. The summed E-state index contributed by atoms with van der Waals surface area (Å²) in [6.07, 6.45) is 1.32. The highest BCUT2D eigenvalue weighted by molar-refractivity contribution is 6.67. The summed E-state index contributed by atoms with van der Waals surface area (Å²) in [6.45, 7) is 5.53. The second kappa shape index (κ2) is 17.7. The first-order valence-electron chi connectivity index (χ1n) is 16.3. The first kappa shape index (κ1) is 37.2. The molecule has 0 radical (unpaired) electrons. The van der Waals surface area contributed by atoms with Crippen LogP contribution in [0, 0.1) is 13.8 Å². The van der Waals surface area contributed by atoms with Gasteiger partial charge in [0.15, 0.2) is 0 Å². The van der Waals surface area contributed by atoms with Gasteiger partial charge in [-0.2, -0.15) is 0 Å². The Morgan fingerprint density at radius 1 is 0.558 bits per heavy atom. The Kier molecular flexibility index (Phi) is 12.7. The van der Waals surface area contributed by atoms with Crippen molar-refractivity contribution in [2.45, 2.75) is 26.7 Å². The number of carboxylic acids is 1. The molecule has 11 nitrogen and oxygen atoms in total. The van der Waals surface area contributed by atoms with Crippen LogP contribution in [-0.2, 0) is 0 Å². The largest absolute Gasteiger partial charge is 0.493 e. The van der Waals surface area contributed by atoms with Gasteiger partial charge in [0, 0.05) is 53.4 Å². The normalized spacial score (nSPS) is 10.7. The van der Waals surface area contributed by atoms with Crippen molar-refractivity contribution in [3.63, 3.8) is 0 Å². The van der Waals surface area contributed by atoms with Crippen LogP contribution in [0.1, 0.15) is 44.7 Å². The molecule has 0 aliphatic carbocycles. The van der Waals surface area contributed by atoms with Crippen molar-refractivity contribution in [3.8, 4) is 23.0 Å². The predicted octanol–water partition coefficient (Wildman–Crippen LogP) is 7.98. The van der Waals surface area contributed by atoms with Crippen molar-refractivity contribution in [1.29, 1.82) is 0 Å².